The van der Waals surface area contributed by atoms with Gasteiger partial charge in [-0.05, 0) is 30.3 Å². The number of anilines is 2. The van der Waals surface area contributed by atoms with Gasteiger partial charge in [0.05, 0.1) is 15.0 Å². The molecule has 0 fully saturated rings. The number of amides is 1. The van der Waals surface area contributed by atoms with Crippen LogP contribution in [-0.2, 0) is 6.54 Å². The molecular weight excluding hydrogens is 307 g/mol. The van der Waals surface area contributed by atoms with Crippen LogP contribution in [0.4, 0.5) is 16.2 Å². The van der Waals surface area contributed by atoms with Gasteiger partial charge in [-0.1, -0.05) is 23.2 Å². The van der Waals surface area contributed by atoms with Crippen LogP contribution in [0, 0.1) is 0 Å². The number of nitrogens with one attached hydrogen (secondary N) is 2. The lowest BCUT2D eigenvalue weighted by Gasteiger charge is -2.08. The Morgan fingerprint density at radius 2 is 2.05 bits per heavy atom. The van der Waals surface area contributed by atoms with Crippen molar-refractivity contribution in [1.29, 1.82) is 0 Å². The fraction of sp³-hybridized carbons (Fsp3) is 0.0833. The Hall–Kier alpha value is -1.43. The first kappa shape index (κ1) is 14.0. The SMILES string of the molecule is O=C(O)Nc1ccc(NCc2ccc(Cl)s2)cc1Cl. The first-order valence-corrected chi connectivity index (χ1v) is 6.89. The average molecular weight is 317 g/mol. The zero-order chi connectivity index (χ0) is 13.8. The van der Waals surface area contributed by atoms with Gasteiger partial charge in [0, 0.05) is 17.1 Å². The predicted octanol–water partition coefficient (Wildman–Crippen LogP) is 4.76. The van der Waals surface area contributed by atoms with E-state index in [1.165, 1.54) is 11.3 Å². The highest BCUT2D eigenvalue weighted by molar-refractivity contribution is 7.16. The molecule has 7 heteroatoms. The highest BCUT2D eigenvalue weighted by atomic mass is 35.5. The Balaban J connectivity index is 2.01. The third-order valence-corrected chi connectivity index (χ3v) is 3.85. The van der Waals surface area contributed by atoms with Gasteiger partial charge < -0.3 is 10.4 Å². The maximum absolute atomic E-state index is 10.5. The molecule has 0 bridgehead atoms. The molecule has 1 aromatic heterocycles. The van der Waals surface area contributed by atoms with Crippen molar-refractivity contribution in [3.05, 3.63) is 44.6 Å². The van der Waals surface area contributed by atoms with Gasteiger partial charge in [-0.25, -0.2) is 4.79 Å². The molecule has 1 amide bonds. The van der Waals surface area contributed by atoms with E-state index in [1.54, 1.807) is 18.2 Å². The van der Waals surface area contributed by atoms with Crippen LogP contribution in [0.25, 0.3) is 0 Å². The molecule has 1 heterocycles. The van der Waals surface area contributed by atoms with Crippen molar-refractivity contribution < 1.29 is 9.90 Å². The van der Waals surface area contributed by atoms with Crippen LogP contribution in [0.2, 0.25) is 9.36 Å². The van der Waals surface area contributed by atoms with Crippen LogP contribution >= 0.6 is 34.5 Å². The molecule has 19 heavy (non-hydrogen) atoms. The number of carbonyl (C=O) groups is 1. The molecule has 0 aliphatic heterocycles. The van der Waals surface area contributed by atoms with Gasteiger partial charge in [-0.15, -0.1) is 11.3 Å². The quantitative estimate of drug-likeness (QED) is 0.762. The molecule has 3 N–H and O–H groups in total. The molecule has 0 radical (unpaired) electrons. The van der Waals surface area contributed by atoms with E-state index in [1.807, 2.05) is 12.1 Å². The predicted molar refractivity (Wildman–Crippen MR) is 79.8 cm³/mol. The number of hydrogen-bond donors (Lipinski definition) is 3. The van der Waals surface area contributed by atoms with Gasteiger partial charge in [0.1, 0.15) is 0 Å². The Morgan fingerprint density at radius 3 is 2.63 bits per heavy atom. The molecule has 0 unspecified atom stereocenters. The number of hydrogen-bond acceptors (Lipinski definition) is 3. The van der Waals surface area contributed by atoms with Gasteiger partial charge in [-0.3, -0.25) is 5.32 Å². The van der Waals surface area contributed by atoms with E-state index in [2.05, 4.69) is 10.6 Å². The molecule has 0 aliphatic carbocycles. The van der Waals surface area contributed by atoms with Crippen LogP contribution in [0.1, 0.15) is 4.88 Å². The lowest BCUT2D eigenvalue weighted by molar-refractivity contribution is 0.210. The normalized spacial score (nSPS) is 10.2. The highest BCUT2D eigenvalue weighted by Crippen LogP contribution is 2.27. The van der Waals surface area contributed by atoms with Crippen LogP contribution in [-0.4, -0.2) is 11.2 Å². The molecule has 0 spiro atoms. The van der Waals surface area contributed by atoms with Crippen molar-refractivity contribution in [2.24, 2.45) is 0 Å². The van der Waals surface area contributed by atoms with Crippen molar-refractivity contribution >= 4 is 52.0 Å². The van der Waals surface area contributed by atoms with Gasteiger partial charge >= 0.3 is 6.09 Å². The number of halogens is 2. The molecule has 0 aliphatic rings. The summed E-state index contributed by atoms with van der Waals surface area (Å²) in [5.74, 6) is 0. The van der Waals surface area contributed by atoms with E-state index in [0.29, 0.717) is 17.3 Å². The third-order valence-electron chi connectivity index (χ3n) is 2.31. The first-order chi connectivity index (χ1) is 9.04. The smallest absolute Gasteiger partial charge is 0.409 e. The Morgan fingerprint density at radius 1 is 1.26 bits per heavy atom. The summed E-state index contributed by atoms with van der Waals surface area (Å²) < 4.78 is 0.746. The number of benzene rings is 1. The minimum atomic E-state index is -1.14. The molecular formula is C12H10Cl2N2O2S. The zero-order valence-electron chi connectivity index (χ0n) is 9.61. The molecule has 4 nitrogen and oxygen atoms in total. The van der Waals surface area contributed by atoms with Gasteiger partial charge in [0.25, 0.3) is 0 Å². The molecule has 2 aromatic rings. The lowest BCUT2D eigenvalue weighted by atomic mass is 10.2. The van der Waals surface area contributed by atoms with Gasteiger partial charge in [-0.2, -0.15) is 0 Å². The second kappa shape index (κ2) is 6.14. The Labute approximate surface area is 124 Å². The summed E-state index contributed by atoms with van der Waals surface area (Å²) in [6.45, 7) is 0.638. The second-order valence-corrected chi connectivity index (χ2v) is 5.89. The van der Waals surface area contributed by atoms with Crippen molar-refractivity contribution in [2.75, 3.05) is 10.6 Å². The Kier molecular flexibility index (Phi) is 4.52. The zero-order valence-corrected chi connectivity index (χ0v) is 11.9. The van der Waals surface area contributed by atoms with Gasteiger partial charge in [0.2, 0.25) is 0 Å². The molecule has 2 rings (SSSR count). The van der Waals surface area contributed by atoms with Crippen molar-refractivity contribution in [1.82, 2.24) is 0 Å². The van der Waals surface area contributed by atoms with E-state index in [-0.39, 0.29) is 0 Å². The minimum Gasteiger partial charge on any atom is -0.465 e. The molecule has 1 aromatic carbocycles. The molecule has 100 valence electrons. The maximum Gasteiger partial charge on any atom is 0.409 e. The number of rotatable bonds is 4. The summed E-state index contributed by atoms with van der Waals surface area (Å²) in [5.41, 5.74) is 1.17. The molecule has 0 saturated heterocycles. The summed E-state index contributed by atoms with van der Waals surface area (Å²) >= 11 is 13.3. The van der Waals surface area contributed by atoms with Crippen LogP contribution in [0.3, 0.4) is 0 Å². The lowest BCUT2D eigenvalue weighted by Crippen LogP contribution is -2.07. The highest BCUT2D eigenvalue weighted by Gasteiger charge is 2.05. The fourth-order valence-electron chi connectivity index (χ4n) is 1.48. The standard InChI is InChI=1S/C12H10Cl2N2O2S/c13-9-5-7(1-3-10(9)16-12(17)18)15-6-8-2-4-11(14)19-8/h1-5,15-16H,6H2,(H,17,18). The van der Waals surface area contributed by atoms with Crippen molar-refractivity contribution in [3.8, 4) is 0 Å². The molecule has 0 saturated carbocycles. The summed E-state index contributed by atoms with van der Waals surface area (Å²) in [6, 6.07) is 8.83. The topological polar surface area (TPSA) is 61.4 Å². The van der Waals surface area contributed by atoms with E-state index in [0.717, 1.165) is 14.9 Å². The first-order valence-electron chi connectivity index (χ1n) is 5.32. The minimum absolute atomic E-state index is 0.344. The number of thiophene rings is 1. The van der Waals surface area contributed by atoms with Crippen molar-refractivity contribution in [2.45, 2.75) is 6.54 Å². The average Bonchev–Trinajstić information content (AvgIpc) is 2.75. The largest absolute Gasteiger partial charge is 0.465 e. The maximum atomic E-state index is 10.5. The van der Waals surface area contributed by atoms with Crippen LogP contribution in [0.5, 0.6) is 0 Å². The summed E-state index contributed by atoms with van der Waals surface area (Å²) in [4.78, 5) is 11.6. The van der Waals surface area contributed by atoms with E-state index < -0.39 is 6.09 Å². The van der Waals surface area contributed by atoms with E-state index >= 15 is 0 Å². The molecule has 0 atom stereocenters. The Bertz CT molecular complexity index is 601. The van der Waals surface area contributed by atoms with Crippen LogP contribution < -0.4 is 10.6 Å². The van der Waals surface area contributed by atoms with E-state index in [4.69, 9.17) is 28.3 Å². The monoisotopic (exact) mass is 316 g/mol. The van der Waals surface area contributed by atoms with Crippen molar-refractivity contribution in [3.63, 3.8) is 0 Å². The number of carboxylic acid groups (broad SMARTS) is 1. The summed E-state index contributed by atoms with van der Waals surface area (Å²) in [5, 5.41) is 14.4. The summed E-state index contributed by atoms with van der Waals surface area (Å²) in [6.07, 6.45) is -1.14. The van der Waals surface area contributed by atoms with E-state index in [9.17, 15) is 4.79 Å². The van der Waals surface area contributed by atoms with Gasteiger partial charge in [0.15, 0.2) is 0 Å². The third kappa shape index (κ3) is 4.02. The second-order valence-electron chi connectivity index (χ2n) is 3.68. The fourth-order valence-corrected chi connectivity index (χ4v) is 2.73. The van der Waals surface area contributed by atoms with Crippen LogP contribution in [0.15, 0.2) is 30.3 Å². The summed E-state index contributed by atoms with van der Waals surface area (Å²) in [7, 11) is 0.